The van der Waals surface area contributed by atoms with Crippen LogP contribution < -0.4 is 5.32 Å². The Balaban J connectivity index is 2.19. The third-order valence-electron chi connectivity index (χ3n) is 2.82. The van der Waals surface area contributed by atoms with Gasteiger partial charge in [0, 0.05) is 11.6 Å². The maximum Gasteiger partial charge on any atom is 0.105 e. The van der Waals surface area contributed by atoms with Crippen molar-refractivity contribution in [2.75, 3.05) is 7.05 Å². The minimum atomic E-state index is 0.273. The van der Waals surface area contributed by atoms with Gasteiger partial charge in [0.1, 0.15) is 11.5 Å². The van der Waals surface area contributed by atoms with E-state index in [4.69, 9.17) is 8.83 Å². The molecule has 2 aromatic heterocycles. The van der Waals surface area contributed by atoms with Gasteiger partial charge in [0.2, 0.25) is 0 Å². The Morgan fingerprint density at radius 2 is 2.19 bits per heavy atom. The van der Waals surface area contributed by atoms with Gasteiger partial charge in [-0.05, 0) is 45.0 Å². The summed E-state index contributed by atoms with van der Waals surface area (Å²) in [6.45, 7) is 3.98. The van der Waals surface area contributed by atoms with Crippen LogP contribution in [0.4, 0.5) is 0 Å². The fourth-order valence-electron chi connectivity index (χ4n) is 2.01. The predicted octanol–water partition coefficient (Wildman–Crippen LogP) is 2.99. The zero-order chi connectivity index (χ0) is 11.5. The van der Waals surface area contributed by atoms with E-state index in [0.29, 0.717) is 0 Å². The van der Waals surface area contributed by atoms with Gasteiger partial charge in [-0.3, -0.25) is 0 Å². The highest BCUT2D eigenvalue weighted by atomic mass is 16.3. The van der Waals surface area contributed by atoms with Crippen LogP contribution in [0.15, 0.2) is 33.5 Å². The van der Waals surface area contributed by atoms with Crippen molar-refractivity contribution in [1.82, 2.24) is 5.32 Å². The standard InChI is InChI=1S/C13H17NO2/c1-9-6-12(10(2)16-9)13(14-3)7-11-4-5-15-8-11/h4-6,8,13-14H,7H2,1-3H3. The third-order valence-corrected chi connectivity index (χ3v) is 2.82. The molecule has 0 fully saturated rings. The van der Waals surface area contributed by atoms with Crippen LogP contribution >= 0.6 is 0 Å². The van der Waals surface area contributed by atoms with E-state index in [1.165, 1.54) is 11.1 Å². The maximum absolute atomic E-state index is 5.55. The molecule has 0 saturated carbocycles. The molecule has 16 heavy (non-hydrogen) atoms. The zero-order valence-electron chi connectivity index (χ0n) is 9.91. The predicted molar refractivity (Wildman–Crippen MR) is 62.4 cm³/mol. The number of hydrogen-bond donors (Lipinski definition) is 1. The largest absolute Gasteiger partial charge is 0.472 e. The van der Waals surface area contributed by atoms with Crippen LogP contribution in [-0.2, 0) is 6.42 Å². The number of hydrogen-bond acceptors (Lipinski definition) is 3. The number of nitrogens with one attached hydrogen (secondary N) is 1. The van der Waals surface area contributed by atoms with E-state index in [9.17, 15) is 0 Å². The van der Waals surface area contributed by atoms with Gasteiger partial charge in [-0.25, -0.2) is 0 Å². The van der Waals surface area contributed by atoms with E-state index < -0.39 is 0 Å². The summed E-state index contributed by atoms with van der Waals surface area (Å²) in [5.74, 6) is 1.94. The molecule has 0 bridgehead atoms. The topological polar surface area (TPSA) is 38.3 Å². The van der Waals surface area contributed by atoms with Crippen molar-refractivity contribution in [3.8, 4) is 0 Å². The zero-order valence-corrected chi connectivity index (χ0v) is 9.91. The molecular weight excluding hydrogens is 202 g/mol. The molecule has 0 spiro atoms. The summed E-state index contributed by atoms with van der Waals surface area (Å²) < 4.78 is 10.6. The Bertz CT molecular complexity index is 442. The first-order valence-corrected chi connectivity index (χ1v) is 5.46. The molecule has 0 aliphatic rings. The summed E-state index contributed by atoms with van der Waals surface area (Å²) in [7, 11) is 1.96. The molecule has 0 aromatic carbocycles. The van der Waals surface area contributed by atoms with Gasteiger partial charge in [-0.1, -0.05) is 0 Å². The molecule has 1 atom stereocenters. The van der Waals surface area contributed by atoms with Crippen molar-refractivity contribution in [1.29, 1.82) is 0 Å². The van der Waals surface area contributed by atoms with Gasteiger partial charge >= 0.3 is 0 Å². The smallest absolute Gasteiger partial charge is 0.105 e. The van der Waals surface area contributed by atoms with E-state index in [1.54, 1.807) is 12.5 Å². The summed E-state index contributed by atoms with van der Waals surface area (Å²) in [5, 5.41) is 3.31. The SMILES string of the molecule is CNC(Cc1ccoc1)c1cc(C)oc1C. The molecule has 1 unspecified atom stereocenters. The number of likely N-dealkylation sites (N-methyl/N-ethyl adjacent to an activating group) is 1. The van der Waals surface area contributed by atoms with Crippen molar-refractivity contribution in [2.24, 2.45) is 0 Å². The Morgan fingerprint density at radius 1 is 1.38 bits per heavy atom. The first-order valence-electron chi connectivity index (χ1n) is 5.46. The summed E-state index contributed by atoms with van der Waals surface area (Å²) in [6, 6.07) is 4.36. The first-order chi connectivity index (χ1) is 7.70. The van der Waals surface area contributed by atoms with Crippen LogP contribution in [0.1, 0.15) is 28.7 Å². The fraction of sp³-hybridized carbons (Fsp3) is 0.385. The lowest BCUT2D eigenvalue weighted by Gasteiger charge is -2.14. The van der Waals surface area contributed by atoms with Gasteiger partial charge in [-0.15, -0.1) is 0 Å². The van der Waals surface area contributed by atoms with Crippen LogP contribution in [0.2, 0.25) is 0 Å². The van der Waals surface area contributed by atoms with Crippen LogP contribution in [-0.4, -0.2) is 7.05 Å². The van der Waals surface area contributed by atoms with Crippen LogP contribution in [0.25, 0.3) is 0 Å². The molecule has 0 saturated heterocycles. The fourth-order valence-corrected chi connectivity index (χ4v) is 2.01. The van der Waals surface area contributed by atoms with Crippen molar-refractivity contribution in [3.05, 3.63) is 47.3 Å². The second-order valence-corrected chi connectivity index (χ2v) is 4.05. The van der Waals surface area contributed by atoms with Crippen molar-refractivity contribution in [3.63, 3.8) is 0 Å². The van der Waals surface area contributed by atoms with Crippen LogP contribution in [0.5, 0.6) is 0 Å². The van der Waals surface area contributed by atoms with Crippen molar-refractivity contribution in [2.45, 2.75) is 26.3 Å². The Kier molecular flexibility index (Phi) is 3.15. The molecule has 3 heteroatoms. The molecule has 3 nitrogen and oxygen atoms in total. The minimum absolute atomic E-state index is 0.273. The minimum Gasteiger partial charge on any atom is -0.472 e. The van der Waals surface area contributed by atoms with E-state index in [-0.39, 0.29) is 6.04 Å². The van der Waals surface area contributed by atoms with Crippen LogP contribution in [0.3, 0.4) is 0 Å². The lowest BCUT2D eigenvalue weighted by Crippen LogP contribution is -2.18. The maximum atomic E-state index is 5.55. The van der Waals surface area contributed by atoms with Gasteiger partial charge < -0.3 is 14.2 Å². The number of rotatable bonds is 4. The number of furan rings is 2. The molecule has 2 aromatic rings. The summed E-state index contributed by atoms with van der Waals surface area (Å²) in [4.78, 5) is 0. The Hall–Kier alpha value is -1.48. The van der Waals surface area contributed by atoms with E-state index >= 15 is 0 Å². The molecule has 2 rings (SSSR count). The van der Waals surface area contributed by atoms with Crippen LogP contribution in [0, 0.1) is 13.8 Å². The van der Waals surface area contributed by atoms with Gasteiger partial charge in [0.25, 0.3) is 0 Å². The summed E-state index contributed by atoms with van der Waals surface area (Å²) in [6.07, 6.45) is 4.40. The summed E-state index contributed by atoms with van der Waals surface area (Å²) in [5.41, 5.74) is 2.42. The normalized spacial score (nSPS) is 12.9. The Labute approximate surface area is 95.5 Å². The highest BCUT2D eigenvalue weighted by Crippen LogP contribution is 2.24. The van der Waals surface area contributed by atoms with Gasteiger partial charge in [-0.2, -0.15) is 0 Å². The summed E-state index contributed by atoms with van der Waals surface area (Å²) >= 11 is 0. The molecule has 0 amide bonds. The highest BCUT2D eigenvalue weighted by molar-refractivity contribution is 5.26. The Morgan fingerprint density at radius 3 is 2.69 bits per heavy atom. The van der Waals surface area contributed by atoms with E-state index in [2.05, 4.69) is 11.4 Å². The highest BCUT2D eigenvalue weighted by Gasteiger charge is 2.16. The molecule has 0 aliphatic heterocycles. The van der Waals surface area contributed by atoms with Gasteiger partial charge in [0.15, 0.2) is 0 Å². The average Bonchev–Trinajstić information content (AvgIpc) is 2.85. The third kappa shape index (κ3) is 2.19. The van der Waals surface area contributed by atoms with E-state index in [0.717, 1.165) is 17.9 Å². The lowest BCUT2D eigenvalue weighted by molar-refractivity contribution is 0.489. The molecule has 1 N–H and O–H groups in total. The van der Waals surface area contributed by atoms with Crippen molar-refractivity contribution >= 4 is 0 Å². The molecule has 86 valence electrons. The molecule has 2 heterocycles. The average molecular weight is 219 g/mol. The van der Waals surface area contributed by atoms with E-state index in [1.807, 2.05) is 27.0 Å². The first kappa shape index (κ1) is 11.0. The van der Waals surface area contributed by atoms with Gasteiger partial charge in [0.05, 0.1) is 12.5 Å². The lowest BCUT2D eigenvalue weighted by atomic mass is 10.0. The second kappa shape index (κ2) is 4.58. The van der Waals surface area contributed by atoms with Crippen molar-refractivity contribution < 1.29 is 8.83 Å². The second-order valence-electron chi connectivity index (χ2n) is 4.05. The molecule has 0 radical (unpaired) electrons. The quantitative estimate of drug-likeness (QED) is 0.859. The molecular formula is C13H17NO2. The number of aryl methyl sites for hydroxylation is 2. The molecule has 0 aliphatic carbocycles. The monoisotopic (exact) mass is 219 g/mol.